The summed E-state index contributed by atoms with van der Waals surface area (Å²) in [5, 5.41) is 0.164. The number of hydrogen-bond donors (Lipinski definition) is 0. The molecule has 0 saturated carbocycles. The highest BCUT2D eigenvalue weighted by Gasteiger charge is 2.39. The molecule has 0 unspecified atom stereocenters. The lowest BCUT2D eigenvalue weighted by Crippen LogP contribution is -2.22. The predicted octanol–water partition coefficient (Wildman–Crippen LogP) is 3.87. The van der Waals surface area contributed by atoms with Gasteiger partial charge in [-0.05, 0) is 32.0 Å². The number of alkyl halides is 3. The molecule has 0 aliphatic rings. The molecule has 0 amide bonds. The molecule has 1 aromatic carbocycles. The maximum absolute atomic E-state index is 12.2. The largest absolute Gasteiger partial charge is 0.489 e. The average Bonchev–Trinajstić information content (AvgIpc) is 2.18. The zero-order valence-corrected chi connectivity index (χ0v) is 9.89. The average molecular weight is 267 g/mol. The van der Waals surface area contributed by atoms with Crippen molar-refractivity contribution in [2.75, 3.05) is 0 Å². The number of Topliss-reactive ketones (excluding diaryl/α,β-unsaturated/α-hetero) is 1. The van der Waals surface area contributed by atoms with Crippen molar-refractivity contribution in [3.8, 4) is 5.75 Å². The number of benzene rings is 1. The quantitative estimate of drug-likeness (QED) is 0.776. The van der Waals surface area contributed by atoms with Crippen molar-refractivity contribution < 1.29 is 22.7 Å². The first kappa shape index (κ1) is 13.8. The first-order valence-corrected chi connectivity index (χ1v) is 5.17. The Hall–Kier alpha value is -1.23. The lowest BCUT2D eigenvalue weighted by atomic mass is 10.1. The SMILES string of the molecule is CC(C)Oc1cc(C(=O)C(F)(F)F)ccc1Cl. The normalized spacial score (nSPS) is 11.7. The minimum atomic E-state index is -4.90. The van der Waals surface area contributed by atoms with Gasteiger partial charge in [0.05, 0.1) is 11.1 Å². The third-order valence-electron chi connectivity index (χ3n) is 1.81. The molecule has 0 heterocycles. The Morgan fingerprint density at radius 3 is 2.41 bits per heavy atom. The Morgan fingerprint density at radius 2 is 1.94 bits per heavy atom. The molecule has 1 rings (SSSR count). The van der Waals surface area contributed by atoms with Gasteiger partial charge in [-0.15, -0.1) is 0 Å². The van der Waals surface area contributed by atoms with E-state index in [9.17, 15) is 18.0 Å². The van der Waals surface area contributed by atoms with Crippen molar-refractivity contribution >= 4 is 17.4 Å². The predicted molar refractivity (Wildman–Crippen MR) is 57.6 cm³/mol. The molecule has 0 aromatic heterocycles. The number of halogens is 4. The summed E-state index contributed by atoms with van der Waals surface area (Å²) in [6, 6.07) is 3.22. The molecule has 0 radical (unpaired) electrons. The molecular formula is C11H10ClF3O2. The fourth-order valence-corrected chi connectivity index (χ4v) is 1.31. The van der Waals surface area contributed by atoms with Gasteiger partial charge in [0, 0.05) is 5.56 Å². The van der Waals surface area contributed by atoms with Gasteiger partial charge in [-0.3, -0.25) is 4.79 Å². The maximum Gasteiger partial charge on any atom is 0.454 e. The summed E-state index contributed by atoms with van der Waals surface area (Å²) < 4.78 is 41.8. The Bertz CT molecular complexity index is 427. The van der Waals surface area contributed by atoms with Crippen molar-refractivity contribution in [1.29, 1.82) is 0 Å². The fourth-order valence-electron chi connectivity index (χ4n) is 1.15. The molecule has 0 atom stereocenters. The van der Waals surface area contributed by atoms with Crippen LogP contribution in [0.25, 0.3) is 0 Å². The summed E-state index contributed by atoms with van der Waals surface area (Å²) in [6.45, 7) is 3.41. The van der Waals surface area contributed by atoms with Crippen molar-refractivity contribution in [1.82, 2.24) is 0 Å². The van der Waals surface area contributed by atoms with E-state index in [0.717, 1.165) is 12.1 Å². The van der Waals surface area contributed by atoms with Crippen molar-refractivity contribution in [2.24, 2.45) is 0 Å². The van der Waals surface area contributed by atoms with Crippen LogP contribution in [0.3, 0.4) is 0 Å². The van der Waals surface area contributed by atoms with Crippen LogP contribution in [0.5, 0.6) is 5.75 Å². The number of ketones is 1. The molecule has 0 fully saturated rings. The third-order valence-corrected chi connectivity index (χ3v) is 2.13. The van der Waals surface area contributed by atoms with E-state index in [1.807, 2.05) is 0 Å². The second kappa shape index (κ2) is 4.96. The fraction of sp³-hybridized carbons (Fsp3) is 0.364. The topological polar surface area (TPSA) is 26.3 Å². The minimum absolute atomic E-state index is 0.0665. The number of carbonyl (C=O) groups excluding carboxylic acids is 1. The summed E-state index contributed by atoms with van der Waals surface area (Å²) >= 11 is 5.74. The highest BCUT2D eigenvalue weighted by atomic mass is 35.5. The van der Waals surface area contributed by atoms with Gasteiger partial charge in [0.1, 0.15) is 5.75 Å². The molecule has 6 heteroatoms. The molecule has 0 bridgehead atoms. The summed E-state index contributed by atoms with van der Waals surface area (Å²) in [4.78, 5) is 11.0. The van der Waals surface area contributed by atoms with E-state index < -0.39 is 17.5 Å². The van der Waals surface area contributed by atoms with Crippen LogP contribution < -0.4 is 4.74 Å². The summed E-state index contributed by atoms with van der Waals surface area (Å²) in [7, 11) is 0. The minimum Gasteiger partial charge on any atom is -0.489 e. The van der Waals surface area contributed by atoms with Crippen LogP contribution in [-0.4, -0.2) is 18.1 Å². The van der Waals surface area contributed by atoms with Gasteiger partial charge >= 0.3 is 6.18 Å². The Balaban J connectivity index is 3.08. The van der Waals surface area contributed by atoms with Crippen LogP contribution in [0.2, 0.25) is 5.02 Å². The number of rotatable bonds is 3. The lowest BCUT2D eigenvalue weighted by molar-refractivity contribution is -0.0885. The highest BCUT2D eigenvalue weighted by Crippen LogP contribution is 2.29. The number of hydrogen-bond acceptors (Lipinski definition) is 2. The first-order chi connectivity index (χ1) is 7.71. The molecule has 0 N–H and O–H groups in total. The van der Waals surface area contributed by atoms with Gasteiger partial charge < -0.3 is 4.74 Å². The Labute approximate surface area is 101 Å². The van der Waals surface area contributed by atoms with Gasteiger partial charge in [-0.1, -0.05) is 11.6 Å². The Morgan fingerprint density at radius 1 is 1.35 bits per heavy atom. The standard InChI is InChI=1S/C11H10ClF3O2/c1-6(2)17-9-5-7(3-4-8(9)12)10(16)11(13,14)15/h3-6H,1-2H3. The van der Waals surface area contributed by atoms with E-state index in [1.165, 1.54) is 6.07 Å². The number of ether oxygens (including phenoxy) is 1. The van der Waals surface area contributed by atoms with E-state index in [-0.39, 0.29) is 16.9 Å². The molecular weight excluding hydrogens is 257 g/mol. The van der Waals surface area contributed by atoms with Crippen molar-refractivity contribution in [3.05, 3.63) is 28.8 Å². The highest BCUT2D eigenvalue weighted by molar-refractivity contribution is 6.32. The Kier molecular flexibility index (Phi) is 4.03. The molecule has 0 aliphatic carbocycles. The molecule has 2 nitrogen and oxygen atoms in total. The van der Waals surface area contributed by atoms with Crippen LogP contribution in [-0.2, 0) is 0 Å². The molecule has 17 heavy (non-hydrogen) atoms. The van der Waals surface area contributed by atoms with E-state index in [0.29, 0.717) is 0 Å². The first-order valence-electron chi connectivity index (χ1n) is 4.79. The molecule has 94 valence electrons. The van der Waals surface area contributed by atoms with Crippen LogP contribution in [0, 0.1) is 0 Å². The zero-order valence-electron chi connectivity index (χ0n) is 9.14. The van der Waals surface area contributed by atoms with Crippen molar-refractivity contribution in [2.45, 2.75) is 26.1 Å². The monoisotopic (exact) mass is 266 g/mol. The summed E-state index contributed by atoms with van der Waals surface area (Å²) in [6.07, 6.45) is -5.15. The smallest absolute Gasteiger partial charge is 0.454 e. The van der Waals surface area contributed by atoms with Gasteiger partial charge in [0.15, 0.2) is 0 Å². The van der Waals surface area contributed by atoms with E-state index >= 15 is 0 Å². The van der Waals surface area contributed by atoms with Gasteiger partial charge in [-0.2, -0.15) is 13.2 Å². The number of carbonyl (C=O) groups is 1. The van der Waals surface area contributed by atoms with Crippen LogP contribution in [0.15, 0.2) is 18.2 Å². The maximum atomic E-state index is 12.2. The van der Waals surface area contributed by atoms with E-state index in [2.05, 4.69) is 0 Å². The molecule has 1 aromatic rings. The van der Waals surface area contributed by atoms with Crippen LogP contribution in [0.4, 0.5) is 13.2 Å². The van der Waals surface area contributed by atoms with E-state index in [1.54, 1.807) is 13.8 Å². The lowest BCUT2D eigenvalue weighted by Gasteiger charge is -2.13. The van der Waals surface area contributed by atoms with Crippen LogP contribution in [0.1, 0.15) is 24.2 Å². The second-order valence-corrected chi connectivity index (χ2v) is 4.05. The van der Waals surface area contributed by atoms with Gasteiger partial charge in [-0.25, -0.2) is 0 Å². The van der Waals surface area contributed by atoms with Crippen molar-refractivity contribution in [3.63, 3.8) is 0 Å². The summed E-state index contributed by atoms with van der Waals surface area (Å²) in [5.74, 6) is -1.85. The third kappa shape index (κ3) is 3.63. The van der Waals surface area contributed by atoms with E-state index in [4.69, 9.17) is 16.3 Å². The summed E-state index contributed by atoms with van der Waals surface area (Å²) in [5.41, 5.74) is -0.488. The molecule has 0 aliphatic heterocycles. The zero-order chi connectivity index (χ0) is 13.2. The molecule has 0 spiro atoms. The van der Waals surface area contributed by atoms with Gasteiger partial charge in [0.25, 0.3) is 5.78 Å². The molecule has 0 saturated heterocycles. The van der Waals surface area contributed by atoms with Crippen LogP contribution >= 0.6 is 11.6 Å². The van der Waals surface area contributed by atoms with Gasteiger partial charge in [0.2, 0.25) is 0 Å². The second-order valence-electron chi connectivity index (χ2n) is 3.64.